The highest BCUT2D eigenvalue weighted by Crippen LogP contribution is 2.14. The van der Waals surface area contributed by atoms with Crippen LogP contribution in [0.15, 0.2) is 0 Å². The van der Waals surface area contributed by atoms with Crippen LogP contribution in [-0.4, -0.2) is 37.0 Å². The minimum absolute atomic E-state index is 0.286. The lowest BCUT2D eigenvalue weighted by Crippen LogP contribution is -2.41. The Hall–Kier alpha value is -0.120. The van der Waals surface area contributed by atoms with Gasteiger partial charge in [0.25, 0.3) is 0 Å². The summed E-state index contributed by atoms with van der Waals surface area (Å²) in [6.07, 6.45) is 1.11. The zero-order chi connectivity index (χ0) is 8.97. The van der Waals surface area contributed by atoms with Crippen LogP contribution < -0.4 is 5.32 Å². The lowest BCUT2D eigenvalue weighted by Gasteiger charge is -2.29. The van der Waals surface area contributed by atoms with Crippen molar-refractivity contribution in [1.29, 1.82) is 0 Å². The normalized spacial score (nSPS) is 33.2. The number of nitrogens with one attached hydrogen (secondary N) is 1. The monoisotopic (exact) mass is 173 g/mol. The van der Waals surface area contributed by atoms with Crippen molar-refractivity contribution in [2.75, 3.05) is 19.7 Å². The number of ether oxygens (including phenoxy) is 1. The predicted octanol–water partition coefficient (Wildman–Crippen LogP) is 0.382. The summed E-state index contributed by atoms with van der Waals surface area (Å²) in [7, 11) is 0. The van der Waals surface area contributed by atoms with Crippen LogP contribution in [0.25, 0.3) is 0 Å². The van der Waals surface area contributed by atoms with Crippen LogP contribution in [0.2, 0.25) is 0 Å². The van der Waals surface area contributed by atoms with Gasteiger partial charge in [0.05, 0.1) is 18.8 Å². The molecule has 1 saturated heterocycles. The van der Waals surface area contributed by atoms with Crippen molar-refractivity contribution in [3.63, 3.8) is 0 Å². The summed E-state index contributed by atoms with van der Waals surface area (Å²) in [5, 5.41) is 12.3. The van der Waals surface area contributed by atoms with Gasteiger partial charge in [-0.3, -0.25) is 0 Å². The fourth-order valence-corrected chi connectivity index (χ4v) is 1.45. The van der Waals surface area contributed by atoms with E-state index in [4.69, 9.17) is 9.84 Å². The van der Waals surface area contributed by atoms with Gasteiger partial charge in [-0.15, -0.1) is 0 Å². The van der Waals surface area contributed by atoms with Gasteiger partial charge in [-0.25, -0.2) is 0 Å². The Labute approximate surface area is 74.1 Å². The molecule has 0 saturated carbocycles. The van der Waals surface area contributed by atoms with Crippen molar-refractivity contribution in [3.05, 3.63) is 0 Å². The summed E-state index contributed by atoms with van der Waals surface area (Å²) < 4.78 is 5.54. The average molecular weight is 173 g/mol. The maximum atomic E-state index is 9.02. The lowest BCUT2D eigenvalue weighted by molar-refractivity contribution is -0.0344. The van der Waals surface area contributed by atoms with Crippen molar-refractivity contribution in [2.24, 2.45) is 5.92 Å². The number of piperidine rings is 1. The van der Waals surface area contributed by atoms with Crippen LogP contribution in [0.3, 0.4) is 0 Å². The summed E-state index contributed by atoms with van der Waals surface area (Å²) >= 11 is 0. The molecular formula is C9H19NO2. The second kappa shape index (κ2) is 4.80. The number of hydrogen-bond acceptors (Lipinski definition) is 3. The smallest absolute Gasteiger partial charge is 0.0745 e. The maximum absolute atomic E-state index is 9.02. The zero-order valence-electron chi connectivity index (χ0n) is 7.92. The molecule has 0 aromatic carbocycles. The quantitative estimate of drug-likeness (QED) is 0.648. The highest BCUT2D eigenvalue weighted by Gasteiger charge is 2.21. The third-order valence-electron chi connectivity index (χ3n) is 2.31. The number of aliphatic hydroxyl groups is 1. The van der Waals surface area contributed by atoms with Crippen molar-refractivity contribution < 1.29 is 9.84 Å². The van der Waals surface area contributed by atoms with Gasteiger partial charge < -0.3 is 15.2 Å². The van der Waals surface area contributed by atoms with E-state index in [1.54, 1.807) is 6.92 Å². The summed E-state index contributed by atoms with van der Waals surface area (Å²) in [6.45, 7) is 6.43. The molecule has 3 unspecified atom stereocenters. The van der Waals surface area contributed by atoms with Crippen molar-refractivity contribution in [3.8, 4) is 0 Å². The Balaban J connectivity index is 2.20. The van der Waals surface area contributed by atoms with E-state index in [9.17, 15) is 0 Å². The van der Waals surface area contributed by atoms with E-state index in [0.29, 0.717) is 12.5 Å². The number of hydrogen-bond donors (Lipinski definition) is 2. The third kappa shape index (κ3) is 3.09. The van der Waals surface area contributed by atoms with Crippen LogP contribution >= 0.6 is 0 Å². The molecule has 3 atom stereocenters. The molecule has 0 radical (unpaired) electrons. The molecule has 0 amide bonds. The van der Waals surface area contributed by atoms with E-state index in [2.05, 4.69) is 12.2 Å². The molecular weight excluding hydrogens is 154 g/mol. The van der Waals surface area contributed by atoms with Gasteiger partial charge in [0.1, 0.15) is 0 Å². The van der Waals surface area contributed by atoms with Gasteiger partial charge in [0.15, 0.2) is 0 Å². The molecule has 0 spiro atoms. The van der Waals surface area contributed by atoms with Gasteiger partial charge in [-0.05, 0) is 25.8 Å². The van der Waals surface area contributed by atoms with E-state index in [0.717, 1.165) is 13.1 Å². The van der Waals surface area contributed by atoms with Crippen LogP contribution in [0.4, 0.5) is 0 Å². The van der Waals surface area contributed by atoms with Gasteiger partial charge in [0, 0.05) is 6.54 Å². The molecule has 0 aromatic heterocycles. The first-order valence-corrected chi connectivity index (χ1v) is 4.70. The molecule has 2 N–H and O–H groups in total. The summed E-state index contributed by atoms with van der Waals surface area (Å²) in [4.78, 5) is 0. The fraction of sp³-hybridized carbons (Fsp3) is 1.00. The van der Waals surface area contributed by atoms with Crippen LogP contribution in [0.1, 0.15) is 20.3 Å². The fourth-order valence-electron chi connectivity index (χ4n) is 1.45. The van der Waals surface area contributed by atoms with E-state index >= 15 is 0 Å². The first kappa shape index (κ1) is 9.96. The Morgan fingerprint density at radius 3 is 3.00 bits per heavy atom. The highest BCUT2D eigenvalue weighted by molar-refractivity contribution is 4.75. The van der Waals surface area contributed by atoms with Crippen LogP contribution in [0.5, 0.6) is 0 Å². The minimum Gasteiger partial charge on any atom is -0.391 e. The standard InChI is InChI=1S/C9H19NO2/c1-7-3-4-10-5-9(7)12-6-8(2)11/h7-11H,3-6H2,1-2H3. The molecule has 0 aromatic rings. The Morgan fingerprint density at radius 2 is 2.42 bits per heavy atom. The van der Waals surface area contributed by atoms with E-state index < -0.39 is 0 Å². The Kier molecular flexibility index (Phi) is 3.98. The molecule has 12 heavy (non-hydrogen) atoms. The Morgan fingerprint density at radius 1 is 1.67 bits per heavy atom. The van der Waals surface area contributed by atoms with Crippen LogP contribution in [-0.2, 0) is 4.74 Å². The SMILES string of the molecule is CC(O)COC1CNCCC1C. The van der Waals surface area contributed by atoms with Crippen molar-refractivity contribution >= 4 is 0 Å². The average Bonchev–Trinajstić information content (AvgIpc) is 2.03. The lowest BCUT2D eigenvalue weighted by atomic mass is 9.97. The van der Waals surface area contributed by atoms with Gasteiger partial charge in [-0.2, -0.15) is 0 Å². The van der Waals surface area contributed by atoms with Gasteiger partial charge >= 0.3 is 0 Å². The number of aliphatic hydroxyl groups excluding tert-OH is 1. The Bertz CT molecular complexity index is 128. The summed E-state index contributed by atoms with van der Waals surface area (Å²) in [5.41, 5.74) is 0. The summed E-state index contributed by atoms with van der Waals surface area (Å²) in [5.74, 6) is 0.616. The predicted molar refractivity (Wildman–Crippen MR) is 48.1 cm³/mol. The largest absolute Gasteiger partial charge is 0.391 e. The van der Waals surface area contributed by atoms with E-state index in [-0.39, 0.29) is 12.2 Å². The second-order valence-electron chi connectivity index (χ2n) is 3.69. The minimum atomic E-state index is -0.348. The van der Waals surface area contributed by atoms with E-state index in [1.807, 2.05) is 0 Å². The third-order valence-corrected chi connectivity index (χ3v) is 2.31. The molecule has 1 rings (SSSR count). The maximum Gasteiger partial charge on any atom is 0.0745 e. The molecule has 1 fully saturated rings. The molecule has 1 aliphatic heterocycles. The first-order chi connectivity index (χ1) is 5.70. The van der Waals surface area contributed by atoms with Gasteiger partial charge in [0.2, 0.25) is 0 Å². The first-order valence-electron chi connectivity index (χ1n) is 4.70. The van der Waals surface area contributed by atoms with Gasteiger partial charge in [-0.1, -0.05) is 6.92 Å². The van der Waals surface area contributed by atoms with Crippen molar-refractivity contribution in [2.45, 2.75) is 32.5 Å². The summed E-state index contributed by atoms with van der Waals surface area (Å²) in [6, 6.07) is 0. The molecule has 1 aliphatic rings. The number of rotatable bonds is 3. The topological polar surface area (TPSA) is 41.5 Å². The van der Waals surface area contributed by atoms with E-state index in [1.165, 1.54) is 6.42 Å². The van der Waals surface area contributed by atoms with Crippen LogP contribution in [0, 0.1) is 5.92 Å². The zero-order valence-corrected chi connectivity index (χ0v) is 7.92. The van der Waals surface area contributed by atoms with Crippen molar-refractivity contribution in [1.82, 2.24) is 5.32 Å². The molecule has 72 valence electrons. The molecule has 0 aliphatic carbocycles. The molecule has 1 heterocycles. The molecule has 3 nitrogen and oxygen atoms in total. The molecule has 0 bridgehead atoms. The molecule has 3 heteroatoms. The second-order valence-corrected chi connectivity index (χ2v) is 3.69. The highest BCUT2D eigenvalue weighted by atomic mass is 16.5.